The number of rotatable bonds is 5. The van der Waals surface area contributed by atoms with Crippen molar-refractivity contribution in [1.29, 1.82) is 0 Å². The molecule has 0 unspecified atom stereocenters. The van der Waals surface area contributed by atoms with Gasteiger partial charge in [0.2, 0.25) is 0 Å². The molecule has 1 heteroatoms. The quantitative estimate of drug-likeness (QED) is 0.172. The molecule has 0 heterocycles. The molecule has 6 aliphatic carbocycles. The third kappa shape index (κ3) is 5.04. The van der Waals surface area contributed by atoms with Gasteiger partial charge in [0, 0.05) is 22.5 Å². The van der Waals surface area contributed by atoms with Gasteiger partial charge in [0.25, 0.3) is 0 Å². The summed E-state index contributed by atoms with van der Waals surface area (Å²) in [5.41, 5.74) is 18.4. The van der Waals surface area contributed by atoms with E-state index in [9.17, 15) is 0 Å². The molecule has 4 bridgehead atoms. The first-order valence-electron chi connectivity index (χ1n) is 21.1. The van der Waals surface area contributed by atoms with Gasteiger partial charge in [0.1, 0.15) is 0 Å². The summed E-state index contributed by atoms with van der Waals surface area (Å²) in [6, 6.07) is 53.6. The van der Waals surface area contributed by atoms with Crippen molar-refractivity contribution in [2.75, 3.05) is 4.90 Å². The molecule has 4 fully saturated rings. The standard InChI is InChI=1S/C54H53N/c1-52(2)26-27-53(3,4)51-33-40(18-24-50(51)52)39-16-21-44(22-17-39)55(43-19-14-38(15-20-43)37-10-6-5-7-11-37)45-23-25-49-47(34-45)46-12-8-9-13-48(46)54(49)41-29-35-28-36(31-41)32-42(54)30-35/h5-25,33-36,41-42H,26-32H2,1-4H3. The van der Waals surface area contributed by atoms with E-state index in [1.165, 1.54) is 107 Å². The van der Waals surface area contributed by atoms with Crippen LogP contribution in [0, 0.1) is 23.7 Å². The first kappa shape index (κ1) is 33.5. The van der Waals surface area contributed by atoms with E-state index >= 15 is 0 Å². The maximum Gasteiger partial charge on any atom is 0.0468 e. The fourth-order valence-corrected chi connectivity index (χ4v) is 12.7. The van der Waals surface area contributed by atoms with Gasteiger partial charge < -0.3 is 4.90 Å². The van der Waals surface area contributed by atoms with E-state index in [1.54, 1.807) is 11.1 Å². The highest BCUT2D eigenvalue weighted by atomic mass is 15.1. The van der Waals surface area contributed by atoms with Crippen molar-refractivity contribution >= 4 is 17.1 Å². The lowest BCUT2D eigenvalue weighted by Gasteiger charge is -2.61. The van der Waals surface area contributed by atoms with Gasteiger partial charge in [-0.25, -0.2) is 0 Å². The molecule has 0 N–H and O–H groups in total. The van der Waals surface area contributed by atoms with E-state index < -0.39 is 0 Å². The van der Waals surface area contributed by atoms with Gasteiger partial charge in [0.05, 0.1) is 0 Å². The average Bonchev–Trinajstić information content (AvgIpc) is 3.49. The van der Waals surface area contributed by atoms with E-state index in [0.717, 1.165) is 23.7 Å². The monoisotopic (exact) mass is 715 g/mol. The van der Waals surface area contributed by atoms with Crippen molar-refractivity contribution in [3.8, 4) is 33.4 Å². The van der Waals surface area contributed by atoms with Crippen LogP contribution in [0.15, 0.2) is 140 Å². The maximum absolute atomic E-state index is 2.56. The Morgan fingerprint density at radius 2 is 0.891 bits per heavy atom. The second-order valence-electron chi connectivity index (χ2n) is 19.3. The molecule has 0 saturated heterocycles. The van der Waals surface area contributed by atoms with Gasteiger partial charge in [-0.05, 0) is 171 Å². The second kappa shape index (κ2) is 12.1. The fraction of sp³-hybridized carbons (Fsp3) is 0.333. The molecule has 0 atom stereocenters. The zero-order valence-corrected chi connectivity index (χ0v) is 33.0. The second-order valence-corrected chi connectivity index (χ2v) is 19.3. The van der Waals surface area contributed by atoms with Crippen LogP contribution in [0.4, 0.5) is 17.1 Å². The van der Waals surface area contributed by atoms with Crippen molar-refractivity contribution in [2.24, 2.45) is 23.7 Å². The zero-order valence-electron chi connectivity index (χ0n) is 33.0. The number of nitrogens with zero attached hydrogens (tertiary/aromatic N) is 1. The molecule has 0 radical (unpaired) electrons. The van der Waals surface area contributed by atoms with Crippen molar-refractivity contribution in [1.82, 2.24) is 0 Å². The third-order valence-electron chi connectivity index (χ3n) is 15.3. The highest BCUT2D eigenvalue weighted by Gasteiger charge is 2.61. The molecular weight excluding hydrogens is 663 g/mol. The van der Waals surface area contributed by atoms with Crippen LogP contribution in [0.25, 0.3) is 33.4 Å². The molecule has 6 aliphatic rings. The minimum Gasteiger partial charge on any atom is -0.310 e. The summed E-state index contributed by atoms with van der Waals surface area (Å²) in [6.45, 7) is 9.68. The van der Waals surface area contributed by atoms with Crippen LogP contribution in [-0.4, -0.2) is 0 Å². The van der Waals surface area contributed by atoms with Crippen molar-refractivity contribution in [3.05, 3.63) is 162 Å². The molecule has 6 aromatic carbocycles. The number of hydrogen-bond acceptors (Lipinski definition) is 1. The Bertz CT molecular complexity index is 2400. The highest BCUT2D eigenvalue weighted by Crippen LogP contribution is 2.69. The average molecular weight is 716 g/mol. The summed E-state index contributed by atoms with van der Waals surface area (Å²) in [5.74, 6) is 3.43. The number of benzene rings is 6. The van der Waals surface area contributed by atoms with E-state index in [1.807, 2.05) is 0 Å². The summed E-state index contributed by atoms with van der Waals surface area (Å²) in [6.07, 6.45) is 9.59. The summed E-state index contributed by atoms with van der Waals surface area (Å²) < 4.78 is 0. The Morgan fingerprint density at radius 3 is 1.55 bits per heavy atom. The maximum atomic E-state index is 2.56. The van der Waals surface area contributed by atoms with Crippen LogP contribution < -0.4 is 4.90 Å². The molecule has 12 rings (SSSR count). The Balaban J connectivity index is 1.02. The Morgan fingerprint density at radius 1 is 0.400 bits per heavy atom. The van der Waals surface area contributed by atoms with Crippen LogP contribution in [-0.2, 0) is 16.2 Å². The van der Waals surface area contributed by atoms with Gasteiger partial charge in [-0.2, -0.15) is 0 Å². The lowest BCUT2D eigenvalue weighted by atomic mass is 9.43. The van der Waals surface area contributed by atoms with Gasteiger partial charge in [-0.3, -0.25) is 0 Å². The number of anilines is 3. The highest BCUT2D eigenvalue weighted by molar-refractivity contribution is 5.88. The van der Waals surface area contributed by atoms with Crippen LogP contribution in [0.3, 0.4) is 0 Å². The van der Waals surface area contributed by atoms with Gasteiger partial charge in [-0.15, -0.1) is 0 Å². The Hall–Kier alpha value is -4.88. The third-order valence-corrected chi connectivity index (χ3v) is 15.3. The van der Waals surface area contributed by atoms with Crippen molar-refractivity contribution in [3.63, 3.8) is 0 Å². The van der Waals surface area contributed by atoms with Crippen molar-refractivity contribution in [2.45, 2.75) is 88.9 Å². The van der Waals surface area contributed by atoms with E-state index in [2.05, 4.69) is 172 Å². The van der Waals surface area contributed by atoms with Gasteiger partial charge in [-0.1, -0.05) is 131 Å². The smallest absolute Gasteiger partial charge is 0.0468 e. The normalized spacial score (nSPS) is 26.0. The Labute approximate surface area is 328 Å². The van der Waals surface area contributed by atoms with Gasteiger partial charge in [0.15, 0.2) is 0 Å². The lowest BCUT2D eigenvalue weighted by molar-refractivity contribution is -0.0399. The van der Waals surface area contributed by atoms with E-state index in [4.69, 9.17) is 0 Å². The molecule has 1 nitrogen and oxygen atoms in total. The van der Waals surface area contributed by atoms with Crippen LogP contribution in [0.5, 0.6) is 0 Å². The molecule has 0 amide bonds. The largest absolute Gasteiger partial charge is 0.310 e. The first-order chi connectivity index (χ1) is 26.7. The summed E-state index contributed by atoms with van der Waals surface area (Å²) >= 11 is 0. The number of hydrogen-bond donors (Lipinski definition) is 0. The molecule has 0 aromatic heterocycles. The molecule has 1 spiro atoms. The predicted molar refractivity (Wildman–Crippen MR) is 231 cm³/mol. The number of fused-ring (bicyclic) bond motifs is 4. The zero-order chi connectivity index (χ0) is 37.1. The Kier molecular flexibility index (Phi) is 7.34. The molecule has 4 saturated carbocycles. The van der Waals surface area contributed by atoms with Crippen molar-refractivity contribution < 1.29 is 0 Å². The molecule has 274 valence electrons. The lowest BCUT2D eigenvalue weighted by Crippen LogP contribution is -2.55. The molecule has 0 aliphatic heterocycles. The van der Waals surface area contributed by atoms with Crippen LogP contribution in [0.1, 0.15) is 94.9 Å². The SMILES string of the molecule is CC1(C)CCC(C)(C)c2cc(-c3ccc(N(c4ccc(-c5ccccc5)cc4)c4ccc5c(c4)-c4ccccc4C54C5CC6CC(C5)CC4C6)cc3)ccc21. The fourth-order valence-electron chi connectivity index (χ4n) is 12.7. The summed E-state index contributed by atoms with van der Waals surface area (Å²) in [5, 5.41) is 0. The van der Waals surface area contributed by atoms with E-state index in [-0.39, 0.29) is 16.2 Å². The van der Waals surface area contributed by atoms with E-state index in [0.29, 0.717) is 0 Å². The topological polar surface area (TPSA) is 3.24 Å². The van der Waals surface area contributed by atoms with Gasteiger partial charge >= 0.3 is 0 Å². The molecule has 6 aromatic rings. The predicted octanol–water partition coefficient (Wildman–Crippen LogP) is 14.6. The summed E-state index contributed by atoms with van der Waals surface area (Å²) in [7, 11) is 0. The minimum atomic E-state index is 0.181. The minimum absolute atomic E-state index is 0.181. The first-order valence-corrected chi connectivity index (χ1v) is 21.1. The van der Waals surface area contributed by atoms with Crippen LogP contribution in [0.2, 0.25) is 0 Å². The molecular formula is C54H53N. The summed E-state index contributed by atoms with van der Waals surface area (Å²) in [4.78, 5) is 2.49. The van der Waals surface area contributed by atoms with Crippen LogP contribution >= 0.6 is 0 Å². The molecule has 55 heavy (non-hydrogen) atoms.